The van der Waals surface area contributed by atoms with E-state index < -0.39 is 6.09 Å². The van der Waals surface area contributed by atoms with Crippen molar-refractivity contribution in [3.05, 3.63) is 24.7 Å². The molecule has 0 radical (unpaired) electrons. The van der Waals surface area contributed by atoms with Gasteiger partial charge in [0.2, 0.25) is 0 Å². The first-order valence-corrected chi connectivity index (χ1v) is 3.82. The van der Waals surface area contributed by atoms with Crippen LogP contribution < -0.4 is 5.32 Å². The van der Waals surface area contributed by atoms with Crippen molar-refractivity contribution in [1.82, 2.24) is 15.0 Å². The number of nitrogens with zero attached hydrogens (tertiary/aromatic N) is 3. The van der Waals surface area contributed by atoms with E-state index in [2.05, 4.69) is 20.3 Å². The summed E-state index contributed by atoms with van der Waals surface area (Å²) in [6.45, 7) is 0. The van der Waals surface area contributed by atoms with Crippen molar-refractivity contribution in [2.24, 2.45) is 0 Å². The van der Waals surface area contributed by atoms with Crippen LogP contribution in [0.4, 0.5) is 10.6 Å². The summed E-state index contributed by atoms with van der Waals surface area (Å²) in [6.07, 6.45) is 3.40. The molecule has 0 atom stereocenters. The number of carboxylic acid groups (broad SMARTS) is 1. The molecule has 0 fully saturated rings. The Bertz CT molecular complexity index is 485. The van der Waals surface area contributed by atoms with E-state index in [0.717, 1.165) is 0 Å². The highest BCUT2D eigenvalue weighted by Crippen LogP contribution is 2.10. The number of rotatable bonds is 1. The first-order valence-electron chi connectivity index (χ1n) is 3.82. The van der Waals surface area contributed by atoms with Gasteiger partial charge in [-0.15, -0.1) is 0 Å². The molecule has 0 spiro atoms. The summed E-state index contributed by atoms with van der Waals surface area (Å²) >= 11 is 0. The van der Waals surface area contributed by atoms with E-state index in [0.29, 0.717) is 11.0 Å². The Kier molecular flexibility index (Phi) is 1.94. The third-order valence-corrected chi connectivity index (χ3v) is 1.59. The molecular formula is C8H6N4O2. The lowest BCUT2D eigenvalue weighted by Gasteiger charge is -1.99. The molecular weight excluding hydrogens is 184 g/mol. The van der Waals surface area contributed by atoms with Gasteiger partial charge in [0.05, 0.1) is 11.7 Å². The molecule has 0 unspecified atom stereocenters. The summed E-state index contributed by atoms with van der Waals surface area (Å²) < 4.78 is 0. The predicted molar refractivity (Wildman–Crippen MR) is 49.0 cm³/mol. The smallest absolute Gasteiger partial charge is 0.410 e. The first kappa shape index (κ1) is 8.36. The molecule has 14 heavy (non-hydrogen) atoms. The van der Waals surface area contributed by atoms with E-state index in [1.54, 1.807) is 6.20 Å². The van der Waals surface area contributed by atoms with E-state index in [-0.39, 0.29) is 5.82 Å². The van der Waals surface area contributed by atoms with Gasteiger partial charge in [0.15, 0.2) is 0 Å². The molecule has 0 aliphatic carbocycles. The lowest BCUT2D eigenvalue weighted by atomic mass is 10.4. The molecule has 6 nitrogen and oxygen atoms in total. The fraction of sp³-hybridized carbons (Fsp3) is 0. The number of fused-ring (bicyclic) bond motifs is 1. The molecule has 0 saturated heterocycles. The summed E-state index contributed by atoms with van der Waals surface area (Å²) in [5.41, 5.74) is 1.23. The van der Waals surface area contributed by atoms with Crippen LogP contribution in [-0.4, -0.2) is 26.2 Å². The quantitative estimate of drug-likeness (QED) is 0.703. The predicted octanol–water partition coefficient (Wildman–Crippen LogP) is 1.11. The summed E-state index contributed by atoms with van der Waals surface area (Å²) in [7, 11) is 0. The zero-order valence-electron chi connectivity index (χ0n) is 7.01. The van der Waals surface area contributed by atoms with E-state index in [1.165, 1.54) is 18.5 Å². The maximum Gasteiger partial charge on any atom is 0.410 e. The van der Waals surface area contributed by atoms with E-state index in [9.17, 15) is 4.79 Å². The molecule has 0 aliphatic rings. The molecule has 2 aromatic heterocycles. The Morgan fingerprint density at radius 2 is 1.93 bits per heavy atom. The van der Waals surface area contributed by atoms with Gasteiger partial charge in [0, 0.05) is 18.5 Å². The molecule has 0 aromatic carbocycles. The molecule has 0 aliphatic heterocycles. The lowest BCUT2D eigenvalue weighted by molar-refractivity contribution is 0.209. The van der Waals surface area contributed by atoms with Gasteiger partial charge in [0.1, 0.15) is 11.3 Å². The number of nitrogens with one attached hydrogen (secondary N) is 1. The maximum absolute atomic E-state index is 10.3. The molecule has 0 bridgehead atoms. The van der Waals surface area contributed by atoms with Gasteiger partial charge < -0.3 is 5.11 Å². The molecule has 1 amide bonds. The van der Waals surface area contributed by atoms with Crippen molar-refractivity contribution in [1.29, 1.82) is 0 Å². The number of carbonyl (C=O) groups is 1. The minimum absolute atomic E-state index is 0.241. The van der Waals surface area contributed by atoms with E-state index in [4.69, 9.17) is 5.11 Å². The zero-order chi connectivity index (χ0) is 9.97. The van der Waals surface area contributed by atoms with Crippen LogP contribution in [0.15, 0.2) is 24.7 Å². The molecule has 0 saturated carbocycles. The summed E-state index contributed by atoms with van der Waals surface area (Å²) in [5, 5.41) is 10.6. The largest absolute Gasteiger partial charge is 0.465 e. The van der Waals surface area contributed by atoms with Gasteiger partial charge in [-0.25, -0.2) is 9.78 Å². The fourth-order valence-corrected chi connectivity index (χ4v) is 1.05. The lowest BCUT2D eigenvalue weighted by Crippen LogP contribution is -2.08. The third kappa shape index (κ3) is 1.58. The normalized spacial score (nSPS) is 10.0. The van der Waals surface area contributed by atoms with Crippen LogP contribution in [-0.2, 0) is 0 Å². The van der Waals surface area contributed by atoms with Crippen LogP contribution in [0.1, 0.15) is 0 Å². The second-order valence-electron chi connectivity index (χ2n) is 2.54. The van der Waals surface area contributed by atoms with Crippen molar-refractivity contribution in [3.63, 3.8) is 0 Å². The van der Waals surface area contributed by atoms with E-state index >= 15 is 0 Å². The maximum atomic E-state index is 10.3. The Morgan fingerprint density at radius 1 is 1.21 bits per heavy atom. The molecule has 2 aromatic rings. The summed E-state index contributed by atoms with van der Waals surface area (Å²) in [6, 6.07) is 1.52. The van der Waals surface area contributed by atoms with Gasteiger partial charge >= 0.3 is 6.09 Å². The summed E-state index contributed by atoms with van der Waals surface area (Å²) in [5.74, 6) is 0.241. The fourth-order valence-electron chi connectivity index (χ4n) is 1.05. The van der Waals surface area contributed by atoms with Crippen molar-refractivity contribution in [2.75, 3.05) is 5.32 Å². The number of hydrogen-bond donors (Lipinski definition) is 2. The Hall–Kier alpha value is -2.24. The van der Waals surface area contributed by atoms with Crippen molar-refractivity contribution >= 4 is 22.9 Å². The Labute approximate surface area is 78.6 Å². The van der Waals surface area contributed by atoms with Crippen LogP contribution >= 0.6 is 0 Å². The van der Waals surface area contributed by atoms with E-state index in [1.807, 2.05) is 0 Å². The van der Waals surface area contributed by atoms with Crippen LogP contribution in [0.5, 0.6) is 0 Å². The SMILES string of the molecule is O=C(O)Nc1cc2nccnc2cn1. The van der Waals surface area contributed by atoms with Gasteiger partial charge in [0.25, 0.3) is 0 Å². The summed E-state index contributed by atoms with van der Waals surface area (Å²) in [4.78, 5) is 22.2. The minimum atomic E-state index is -1.15. The number of anilines is 1. The van der Waals surface area contributed by atoms with Crippen LogP contribution in [0.2, 0.25) is 0 Å². The third-order valence-electron chi connectivity index (χ3n) is 1.59. The van der Waals surface area contributed by atoms with Crippen LogP contribution in [0.25, 0.3) is 11.0 Å². The van der Waals surface area contributed by atoms with Gasteiger partial charge in [-0.2, -0.15) is 0 Å². The molecule has 2 heterocycles. The van der Waals surface area contributed by atoms with Gasteiger partial charge in [-0.1, -0.05) is 0 Å². The van der Waals surface area contributed by atoms with Crippen LogP contribution in [0.3, 0.4) is 0 Å². The van der Waals surface area contributed by atoms with Gasteiger partial charge in [-0.05, 0) is 0 Å². The second kappa shape index (κ2) is 3.25. The number of pyridine rings is 1. The Morgan fingerprint density at radius 3 is 2.64 bits per heavy atom. The standard InChI is InChI=1S/C8H6N4O2/c13-8(14)12-7-3-5-6(4-11-7)10-2-1-9-5/h1-4H,(H,11,12)(H,13,14). The first-order chi connectivity index (χ1) is 6.75. The number of amides is 1. The van der Waals surface area contributed by atoms with Crippen molar-refractivity contribution < 1.29 is 9.90 Å². The van der Waals surface area contributed by atoms with Crippen LogP contribution in [0, 0.1) is 0 Å². The minimum Gasteiger partial charge on any atom is -0.465 e. The molecule has 6 heteroatoms. The monoisotopic (exact) mass is 190 g/mol. The Balaban J connectivity index is 2.46. The number of aromatic nitrogens is 3. The van der Waals surface area contributed by atoms with Crippen molar-refractivity contribution in [2.45, 2.75) is 0 Å². The highest BCUT2D eigenvalue weighted by molar-refractivity contribution is 5.84. The highest BCUT2D eigenvalue weighted by atomic mass is 16.4. The molecule has 2 rings (SSSR count). The topological polar surface area (TPSA) is 88.0 Å². The van der Waals surface area contributed by atoms with Crippen molar-refractivity contribution in [3.8, 4) is 0 Å². The second-order valence-corrected chi connectivity index (χ2v) is 2.54. The average Bonchev–Trinajstić information content (AvgIpc) is 2.17. The number of hydrogen-bond acceptors (Lipinski definition) is 4. The zero-order valence-corrected chi connectivity index (χ0v) is 7.01. The highest BCUT2D eigenvalue weighted by Gasteiger charge is 2.01. The molecule has 2 N–H and O–H groups in total. The van der Waals surface area contributed by atoms with Gasteiger partial charge in [-0.3, -0.25) is 15.3 Å². The average molecular weight is 190 g/mol. The molecule has 70 valence electrons.